The highest BCUT2D eigenvalue weighted by molar-refractivity contribution is 7.93. The molecule has 12 heteroatoms. The van der Waals surface area contributed by atoms with Crippen LogP contribution in [0.2, 0.25) is 5.02 Å². The quantitative estimate of drug-likeness (QED) is 0.495. The Kier molecular flexibility index (Phi) is 6.35. The van der Waals surface area contributed by atoms with E-state index >= 15 is 0 Å². The Morgan fingerprint density at radius 1 is 1.36 bits per heavy atom. The predicted octanol–water partition coefficient (Wildman–Crippen LogP) is 3.16. The number of hydrogen-bond donors (Lipinski definition) is 2. The number of nitrogens with one attached hydrogen (secondary N) is 2. The molecule has 0 bridgehead atoms. The van der Waals surface area contributed by atoms with Gasteiger partial charge in [0, 0.05) is 17.7 Å². The van der Waals surface area contributed by atoms with Crippen LogP contribution >= 0.6 is 11.6 Å². The maximum atomic E-state index is 14.1. The van der Waals surface area contributed by atoms with E-state index in [1.165, 1.54) is 29.1 Å². The minimum Gasteiger partial charge on any atom is -0.374 e. The van der Waals surface area contributed by atoms with Gasteiger partial charge in [-0.3, -0.25) is 9.20 Å². The van der Waals surface area contributed by atoms with Crippen molar-refractivity contribution >= 4 is 38.7 Å². The molecule has 0 radical (unpaired) electrons. The van der Waals surface area contributed by atoms with Gasteiger partial charge in [-0.25, -0.2) is 17.8 Å². The SMILES string of the molecule is C[C@H](/C=C/S(C)(=O)=O)NC(=O)c1ncc(NC(c2cccc(F)c2Cl)C2CC2)c2nncn12. The average molecular weight is 493 g/mol. The largest absolute Gasteiger partial charge is 0.374 e. The molecule has 1 amide bonds. The van der Waals surface area contributed by atoms with Gasteiger partial charge in [0.2, 0.25) is 5.82 Å². The first-order chi connectivity index (χ1) is 15.6. The van der Waals surface area contributed by atoms with Crippen molar-refractivity contribution in [2.75, 3.05) is 11.6 Å². The third-order valence-corrected chi connectivity index (χ3v) is 6.28. The topological polar surface area (TPSA) is 118 Å². The first-order valence-electron chi connectivity index (χ1n) is 10.2. The molecule has 4 rings (SSSR count). The molecule has 33 heavy (non-hydrogen) atoms. The lowest BCUT2D eigenvalue weighted by Gasteiger charge is -2.21. The summed E-state index contributed by atoms with van der Waals surface area (Å²) in [6.07, 6.45) is 7.22. The summed E-state index contributed by atoms with van der Waals surface area (Å²) in [5.74, 6) is -0.702. The number of sulfone groups is 1. The number of anilines is 1. The van der Waals surface area contributed by atoms with Crippen LogP contribution in [0.5, 0.6) is 0 Å². The zero-order valence-corrected chi connectivity index (χ0v) is 19.4. The third-order valence-electron chi connectivity index (χ3n) is 5.23. The molecule has 9 nitrogen and oxygen atoms in total. The van der Waals surface area contributed by atoms with Gasteiger partial charge < -0.3 is 10.6 Å². The zero-order chi connectivity index (χ0) is 23.8. The van der Waals surface area contributed by atoms with Gasteiger partial charge in [0.05, 0.1) is 22.9 Å². The molecule has 174 valence electrons. The smallest absolute Gasteiger partial charge is 0.288 e. The van der Waals surface area contributed by atoms with Crippen LogP contribution < -0.4 is 10.6 Å². The van der Waals surface area contributed by atoms with E-state index in [0.29, 0.717) is 16.9 Å². The lowest BCUT2D eigenvalue weighted by atomic mass is 10.0. The van der Waals surface area contributed by atoms with Crippen LogP contribution in [0.3, 0.4) is 0 Å². The highest BCUT2D eigenvalue weighted by Crippen LogP contribution is 2.45. The van der Waals surface area contributed by atoms with Gasteiger partial charge in [0.1, 0.15) is 12.1 Å². The number of carbonyl (C=O) groups excluding carboxylic acids is 1. The first-order valence-corrected chi connectivity index (χ1v) is 12.6. The molecule has 1 aliphatic carbocycles. The number of hydrogen-bond acceptors (Lipinski definition) is 7. The summed E-state index contributed by atoms with van der Waals surface area (Å²) < 4.78 is 38.0. The molecular weight excluding hydrogens is 471 g/mol. The molecule has 1 aliphatic rings. The van der Waals surface area contributed by atoms with Crippen LogP contribution in [0.4, 0.5) is 10.1 Å². The second kappa shape index (κ2) is 9.06. The Morgan fingerprint density at radius 2 is 2.12 bits per heavy atom. The molecule has 1 unspecified atom stereocenters. The van der Waals surface area contributed by atoms with Crippen molar-refractivity contribution in [2.24, 2.45) is 5.92 Å². The molecule has 1 saturated carbocycles. The van der Waals surface area contributed by atoms with Gasteiger partial charge >= 0.3 is 0 Å². The minimum absolute atomic E-state index is 0.0342. The average Bonchev–Trinajstić information content (AvgIpc) is 3.47. The van der Waals surface area contributed by atoms with Gasteiger partial charge in [-0.1, -0.05) is 29.8 Å². The molecule has 0 saturated heterocycles. The Morgan fingerprint density at radius 3 is 2.82 bits per heavy atom. The molecule has 0 spiro atoms. The van der Waals surface area contributed by atoms with Crippen molar-refractivity contribution in [1.82, 2.24) is 24.9 Å². The Bertz CT molecular complexity index is 1340. The van der Waals surface area contributed by atoms with Crippen LogP contribution in [0.25, 0.3) is 5.65 Å². The zero-order valence-electron chi connectivity index (χ0n) is 17.9. The summed E-state index contributed by atoms with van der Waals surface area (Å²) in [7, 11) is -3.31. The summed E-state index contributed by atoms with van der Waals surface area (Å²) in [6.45, 7) is 1.64. The van der Waals surface area contributed by atoms with E-state index in [9.17, 15) is 17.6 Å². The molecule has 2 N–H and O–H groups in total. The molecule has 2 atom stereocenters. The van der Waals surface area contributed by atoms with Gasteiger partial charge in [0.25, 0.3) is 5.91 Å². The second-order valence-electron chi connectivity index (χ2n) is 8.04. The fraction of sp³-hybridized carbons (Fsp3) is 0.333. The highest BCUT2D eigenvalue weighted by Gasteiger charge is 2.34. The number of rotatable bonds is 8. The van der Waals surface area contributed by atoms with Crippen LogP contribution in [0, 0.1) is 11.7 Å². The molecular formula is C21H22ClFN6O3S. The van der Waals surface area contributed by atoms with Crippen molar-refractivity contribution in [3.05, 3.63) is 64.4 Å². The van der Waals surface area contributed by atoms with E-state index in [-0.39, 0.29) is 22.8 Å². The second-order valence-corrected chi connectivity index (χ2v) is 10.4. The van der Waals surface area contributed by atoms with Gasteiger partial charge in [0.15, 0.2) is 15.5 Å². The molecule has 1 aromatic carbocycles. The van der Waals surface area contributed by atoms with Crippen LogP contribution in [-0.4, -0.2) is 46.2 Å². The van der Waals surface area contributed by atoms with E-state index < -0.39 is 27.6 Å². The number of halogens is 2. The summed E-state index contributed by atoms with van der Waals surface area (Å²) in [4.78, 5) is 17.0. The van der Waals surface area contributed by atoms with Crippen molar-refractivity contribution in [1.29, 1.82) is 0 Å². The van der Waals surface area contributed by atoms with E-state index in [1.807, 2.05) is 0 Å². The summed E-state index contributed by atoms with van der Waals surface area (Å²) >= 11 is 6.23. The summed E-state index contributed by atoms with van der Waals surface area (Å²) in [6, 6.07) is 3.91. The Balaban J connectivity index is 1.60. The van der Waals surface area contributed by atoms with Crippen molar-refractivity contribution < 1.29 is 17.6 Å². The highest BCUT2D eigenvalue weighted by atomic mass is 35.5. The summed E-state index contributed by atoms with van der Waals surface area (Å²) in [5.41, 5.74) is 1.53. The molecule has 1 fully saturated rings. The Hall–Kier alpha value is -3.05. The maximum absolute atomic E-state index is 14.1. The maximum Gasteiger partial charge on any atom is 0.288 e. The number of amides is 1. The lowest BCUT2D eigenvalue weighted by Crippen LogP contribution is -2.33. The van der Waals surface area contributed by atoms with Crippen molar-refractivity contribution in [2.45, 2.75) is 31.8 Å². The van der Waals surface area contributed by atoms with Crippen LogP contribution in [0.15, 0.2) is 42.2 Å². The van der Waals surface area contributed by atoms with Crippen LogP contribution in [0.1, 0.15) is 42.0 Å². The summed E-state index contributed by atoms with van der Waals surface area (Å²) in [5, 5.41) is 15.1. The predicted molar refractivity (Wildman–Crippen MR) is 122 cm³/mol. The molecule has 2 heterocycles. The third kappa shape index (κ3) is 5.31. The van der Waals surface area contributed by atoms with Gasteiger partial charge in [-0.2, -0.15) is 0 Å². The lowest BCUT2D eigenvalue weighted by molar-refractivity contribution is 0.0935. The number of aromatic nitrogens is 4. The van der Waals surface area contributed by atoms with Crippen LogP contribution in [-0.2, 0) is 9.84 Å². The Labute approximate surface area is 195 Å². The minimum atomic E-state index is -3.31. The fourth-order valence-electron chi connectivity index (χ4n) is 3.48. The molecule has 3 aromatic rings. The van der Waals surface area contributed by atoms with Crippen molar-refractivity contribution in [3.8, 4) is 0 Å². The van der Waals surface area contributed by atoms with E-state index in [4.69, 9.17) is 11.6 Å². The normalized spacial score (nSPS) is 16.1. The van der Waals surface area contributed by atoms with Gasteiger partial charge in [-0.05, 0) is 37.3 Å². The fourth-order valence-corrected chi connectivity index (χ4v) is 4.24. The molecule has 0 aliphatic heterocycles. The number of nitrogens with zero attached hydrogens (tertiary/aromatic N) is 4. The monoisotopic (exact) mass is 492 g/mol. The van der Waals surface area contributed by atoms with E-state index in [0.717, 1.165) is 24.5 Å². The first kappa shape index (κ1) is 23.1. The van der Waals surface area contributed by atoms with Gasteiger partial charge in [-0.15, -0.1) is 10.2 Å². The number of benzene rings is 1. The molecule has 2 aromatic heterocycles. The van der Waals surface area contributed by atoms with E-state index in [1.54, 1.807) is 19.1 Å². The number of fused-ring (bicyclic) bond motifs is 1. The standard InChI is InChI=1S/C21H22ClFN6O3S/c1-12(8-9-33(2,31)32)26-21(30)20-24-10-16(19-28-25-11-29(19)20)27-18(13-6-7-13)14-4-3-5-15(23)17(14)22/h3-5,8-13,18,27H,6-7H2,1-2H3,(H,26,30)/b9-8+/t12-,18?/m1/s1. The van der Waals surface area contributed by atoms with Crippen molar-refractivity contribution in [3.63, 3.8) is 0 Å². The van der Waals surface area contributed by atoms with E-state index in [2.05, 4.69) is 25.8 Å². The number of carbonyl (C=O) groups is 1.